The fraction of sp³-hybridized carbons (Fsp3) is 0.273. The van der Waals surface area contributed by atoms with Crippen LogP contribution in [-0.4, -0.2) is 0 Å². The van der Waals surface area contributed by atoms with Crippen LogP contribution in [-0.2, 0) is 6.42 Å². The highest BCUT2D eigenvalue weighted by Gasteiger charge is 2.04. The molecule has 1 aromatic carbocycles. The average molecular weight is 211 g/mol. The Morgan fingerprint density at radius 2 is 2.08 bits per heavy atom. The standard InChI is InChI=1S/C11H11ClS/c1-3-8-4-7(2)5-10-9(8)6-11(12)13-10/h4-6H,3H2,1-2H3. The Balaban J connectivity index is 2.80. The van der Waals surface area contributed by atoms with Crippen LogP contribution in [0.2, 0.25) is 4.34 Å². The molecule has 0 fully saturated rings. The quantitative estimate of drug-likeness (QED) is 0.654. The highest BCUT2D eigenvalue weighted by atomic mass is 35.5. The van der Waals surface area contributed by atoms with Crippen molar-refractivity contribution in [3.63, 3.8) is 0 Å². The van der Waals surface area contributed by atoms with E-state index in [0.29, 0.717) is 0 Å². The zero-order valence-corrected chi connectivity index (χ0v) is 9.30. The first-order valence-electron chi connectivity index (χ1n) is 4.39. The van der Waals surface area contributed by atoms with Gasteiger partial charge in [-0.15, -0.1) is 11.3 Å². The number of hydrogen-bond donors (Lipinski definition) is 0. The highest BCUT2D eigenvalue weighted by molar-refractivity contribution is 7.22. The largest absolute Gasteiger partial charge is 0.123 e. The second-order valence-corrected chi connectivity index (χ2v) is 4.96. The topological polar surface area (TPSA) is 0 Å². The Hall–Kier alpha value is -0.530. The van der Waals surface area contributed by atoms with Crippen molar-refractivity contribution in [2.45, 2.75) is 20.3 Å². The molecule has 0 bridgehead atoms. The molecule has 0 atom stereocenters. The molecular weight excluding hydrogens is 200 g/mol. The van der Waals surface area contributed by atoms with Gasteiger partial charge in [-0.05, 0) is 42.0 Å². The van der Waals surface area contributed by atoms with Gasteiger partial charge in [0.25, 0.3) is 0 Å². The maximum atomic E-state index is 5.98. The smallest absolute Gasteiger partial charge is 0.0940 e. The van der Waals surface area contributed by atoms with Crippen LogP contribution in [0.25, 0.3) is 10.1 Å². The summed E-state index contributed by atoms with van der Waals surface area (Å²) in [5, 5.41) is 1.32. The Morgan fingerprint density at radius 1 is 1.31 bits per heavy atom. The van der Waals surface area contributed by atoms with Crippen molar-refractivity contribution >= 4 is 33.0 Å². The van der Waals surface area contributed by atoms with E-state index in [4.69, 9.17) is 11.6 Å². The van der Waals surface area contributed by atoms with E-state index < -0.39 is 0 Å². The van der Waals surface area contributed by atoms with Crippen LogP contribution in [0.5, 0.6) is 0 Å². The average Bonchev–Trinajstić information content (AvgIpc) is 2.43. The van der Waals surface area contributed by atoms with Gasteiger partial charge in [0.15, 0.2) is 0 Å². The summed E-state index contributed by atoms with van der Waals surface area (Å²) in [7, 11) is 0. The third-order valence-corrected chi connectivity index (χ3v) is 3.43. The number of benzene rings is 1. The van der Waals surface area contributed by atoms with Crippen LogP contribution in [0, 0.1) is 6.92 Å². The number of hydrogen-bond acceptors (Lipinski definition) is 1. The molecule has 2 rings (SSSR count). The van der Waals surface area contributed by atoms with Crippen molar-refractivity contribution in [2.75, 3.05) is 0 Å². The Labute approximate surface area is 87.2 Å². The molecule has 0 amide bonds. The fourth-order valence-corrected chi connectivity index (χ4v) is 2.92. The lowest BCUT2D eigenvalue weighted by atomic mass is 10.1. The number of fused-ring (bicyclic) bond motifs is 1. The minimum absolute atomic E-state index is 0.885. The molecule has 0 aliphatic heterocycles. The minimum atomic E-state index is 0.885. The first kappa shape index (κ1) is 9.04. The minimum Gasteiger partial charge on any atom is -0.123 e. The summed E-state index contributed by atoms with van der Waals surface area (Å²) in [5.41, 5.74) is 2.72. The van der Waals surface area contributed by atoms with Crippen molar-refractivity contribution in [3.8, 4) is 0 Å². The second-order valence-electron chi connectivity index (χ2n) is 3.24. The zero-order chi connectivity index (χ0) is 9.42. The summed E-state index contributed by atoms with van der Waals surface area (Å²) in [6.07, 6.45) is 1.07. The van der Waals surface area contributed by atoms with E-state index in [0.717, 1.165) is 10.8 Å². The first-order chi connectivity index (χ1) is 6.20. The summed E-state index contributed by atoms with van der Waals surface area (Å²) in [6.45, 7) is 4.31. The Morgan fingerprint density at radius 3 is 2.77 bits per heavy atom. The molecule has 1 aromatic heterocycles. The van der Waals surface area contributed by atoms with E-state index in [9.17, 15) is 0 Å². The van der Waals surface area contributed by atoms with Crippen LogP contribution in [0.3, 0.4) is 0 Å². The van der Waals surface area contributed by atoms with Gasteiger partial charge in [-0.1, -0.05) is 24.6 Å². The van der Waals surface area contributed by atoms with E-state index in [1.165, 1.54) is 21.2 Å². The zero-order valence-electron chi connectivity index (χ0n) is 7.73. The van der Waals surface area contributed by atoms with Crippen molar-refractivity contribution in [2.24, 2.45) is 0 Å². The number of thiophene rings is 1. The summed E-state index contributed by atoms with van der Waals surface area (Å²) in [6, 6.07) is 6.51. The molecule has 1 heterocycles. The second kappa shape index (κ2) is 3.32. The summed E-state index contributed by atoms with van der Waals surface area (Å²) in [5.74, 6) is 0. The van der Waals surface area contributed by atoms with Crippen molar-refractivity contribution < 1.29 is 0 Å². The van der Waals surface area contributed by atoms with Crippen molar-refractivity contribution in [1.29, 1.82) is 0 Å². The number of rotatable bonds is 1. The Bertz CT molecular complexity index is 443. The summed E-state index contributed by atoms with van der Waals surface area (Å²) >= 11 is 7.64. The van der Waals surface area contributed by atoms with Crippen molar-refractivity contribution in [1.82, 2.24) is 0 Å². The first-order valence-corrected chi connectivity index (χ1v) is 5.58. The third-order valence-electron chi connectivity index (χ3n) is 2.22. The lowest BCUT2D eigenvalue weighted by Crippen LogP contribution is -1.82. The van der Waals surface area contributed by atoms with E-state index in [2.05, 4.69) is 32.0 Å². The molecule has 0 spiro atoms. The molecule has 0 saturated carbocycles. The molecule has 0 nitrogen and oxygen atoms in total. The van der Waals surface area contributed by atoms with E-state index in [-0.39, 0.29) is 0 Å². The Kier molecular flexibility index (Phi) is 2.31. The van der Waals surface area contributed by atoms with Gasteiger partial charge in [0.1, 0.15) is 0 Å². The van der Waals surface area contributed by atoms with Gasteiger partial charge in [0.05, 0.1) is 4.34 Å². The predicted octanol–water partition coefficient (Wildman–Crippen LogP) is 4.43. The van der Waals surface area contributed by atoms with Crippen LogP contribution < -0.4 is 0 Å². The molecule has 0 aliphatic carbocycles. The van der Waals surface area contributed by atoms with E-state index in [1.54, 1.807) is 11.3 Å². The maximum absolute atomic E-state index is 5.98. The predicted molar refractivity (Wildman–Crippen MR) is 61.0 cm³/mol. The molecule has 0 aliphatic rings. The fourth-order valence-electron chi connectivity index (χ4n) is 1.63. The molecule has 0 N–H and O–H groups in total. The van der Waals surface area contributed by atoms with Gasteiger partial charge in [0, 0.05) is 4.70 Å². The molecule has 0 saturated heterocycles. The van der Waals surface area contributed by atoms with Crippen LogP contribution in [0.1, 0.15) is 18.1 Å². The molecule has 0 radical (unpaired) electrons. The molecule has 2 aromatic rings. The maximum Gasteiger partial charge on any atom is 0.0940 e. The van der Waals surface area contributed by atoms with Gasteiger partial charge in [-0.2, -0.15) is 0 Å². The molecular formula is C11H11ClS. The molecule has 68 valence electrons. The normalized spacial score (nSPS) is 11.0. The SMILES string of the molecule is CCc1cc(C)cc2sc(Cl)cc12. The van der Waals surface area contributed by atoms with E-state index in [1.807, 2.05) is 0 Å². The van der Waals surface area contributed by atoms with Crippen LogP contribution in [0.4, 0.5) is 0 Å². The third kappa shape index (κ3) is 1.59. The molecule has 0 unspecified atom stereocenters. The summed E-state index contributed by atoms with van der Waals surface area (Å²) < 4.78 is 2.19. The van der Waals surface area contributed by atoms with Gasteiger partial charge >= 0.3 is 0 Å². The van der Waals surface area contributed by atoms with Crippen molar-refractivity contribution in [3.05, 3.63) is 33.7 Å². The van der Waals surface area contributed by atoms with Gasteiger partial charge < -0.3 is 0 Å². The van der Waals surface area contributed by atoms with Crippen LogP contribution >= 0.6 is 22.9 Å². The van der Waals surface area contributed by atoms with Gasteiger partial charge in [-0.25, -0.2) is 0 Å². The lowest BCUT2D eigenvalue weighted by molar-refractivity contribution is 1.15. The molecule has 13 heavy (non-hydrogen) atoms. The lowest BCUT2D eigenvalue weighted by Gasteiger charge is -2.00. The van der Waals surface area contributed by atoms with Gasteiger partial charge in [0.2, 0.25) is 0 Å². The monoisotopic (exact) mass is 210 g/mol. The number of halogens is 1. The van der Waals surface area contributed by atoms with Gasteiger partial charge in [-0.3, -0.25) is 0 Å². The van der Waals surface area contributed by atoms with E-state index >= 15 is 0 Å². The van der Waals surface area contributed by atoms with Crippen LogP contribution in [0.15, 0.2) is 18.2 Å². The number of aryl methyl sites for hydroxylation is 2. The highest BCUT2D eigenvalue weighted by Crippen LogP contribution is 2.32. The summed E-state index contributed by atoms with van der Waals surface area (Å²) in [4.78, 5) is 0. The molecule has 2 heteroatoms.